The largest absolute Gasteiger partial charge is 0.507 e. The van der Waals surface area contributed by atoms with Crippen LogP contribution in [0.3, 0.4) is 0 Å². The number of rotatable bonds is 9. The number of carbonyl (C=O) groups excluding carboxylic acids is 3. The summed E-state index contributed by atoms with van der Waals surface area (Å²) >= 11 is 0. The first-order valence-electron chi connectivity index (χ1n) is 32.1. The van der Waals surface area contributed by atoms with Gasteiger partial charge in [0.25, 0.3) is 11.7 Å². The highest BCUT2D eigenvalue weighted by molar-refractivity contribution is 6.24. The summed E-state index contributed by atoms with van der Waals surface area (Å²) in [5.74, 6) is -9.35. The van der Waals surface area contributed by atoms with Gasteiger partial charge in [0.2, 0.25) is 5.43 Å². The van der Waals surface area contributed by atoms with Gasteiger partial charge in [-0.15, -0.1) is 0 Å². The van der Waals surface area contributed by atoms with Crippen molar-refractivity contribution in [2.45, 2.75) is 155 Å². The maximum Gasteiger partial charge on any atom is 0.341 e. The molecule has 12 rings (SSSR count). The zero-order chi connectivity index (χ0) is 66.4. The Bertz CT molecular complexity index is 3690. The summed E-state index contributed by atoms with van der Waals surface area (Å²) < 4.78 is 46.5. The zero-order valence-corrected chi connectivity index (χ0v) is 54.0. The smallest absolute Gasteiger partial charge is 0.341 e. The van der Waals surface area contributed by atoms with E-state index in [1.54, 1.807) is 44.4 Å². The average molecular weight is 1280 g/mol. The van der Waals surface area contributed by atoms with Gasteiger partial charge in [-0.3, -0.25) is 29.1 Å². The Kier molecular flexibility index (Phi) is 20.0. The van der Waals surface area contributed by atoms with Crippen LogP contribution in [0.15, 0.2) is 58.3 Å². The molecule has 1 aromatic heterocycles. The molecule has 3 aromatic carbocycles. The number of anilines is 2. The molecular formula is C68H88FN7O16. The molecule has 5 fully saturated rings. The van der Waals surface area contributed by atoms with Gasteiger partial charge in [0.1, 0.15) is 34.6 Å². The van der Waals surface area contributed by atoms with Crippen LogP contribution in [0.5, 0.6) is 28.7 Å². The summed E-state index contributed by atoms with van der Waals surface area (Å²) in [6.45, 7) is 17.8. The van der Waals surface area contributed by atoms with Crippen LogP contribution in [0.1, 0.15) is 138 Å². The van der Waals surface area contributed by atoms with E-state index < -0.39 is 106 Å². The number of nitrogens with zero attached hydrogens (tertiary/aromatic N) is 5. The number of carbonyl (C=O) groups is 4. The minimum absolute atomic E-state index is 0.0599. The first kappa shape index (κ1) is 67.1. The summed E-state index contributed by atoms with van der Waals surface area (Å²) in [4.78, 5) is 69.6. The van der Waals surface area contributed by atoms with Crippen LogP contribution in [0.25, 0.3) is 21.7 Å². The van der Waals surface area contributed by atoms with Gasteiger partial charge in [0.15, 0.2) is 17.3 Å². The van der Waals surface area contributed by atoms with Crippen LogP contribution >= 0.6 is 0 Å². The van der Waals surface area contributed by atoms with E-state index in [9.17, 15) is 54.6 Å². The number of aromatic nitrogens is 1. The highest BCUT2D eigenvalue weighted by Gasteiger charge is 2.50. The lowest BCUT2D eigenvalue weighted by atomic mass is 9.78. The summed E-state index contributed by atoms with van der Waals surface area (Å²) in [6, 6.07) is 2.17. The number of nitrogens with one attached hydrogen (secondary N) is 2. The van der Waals surface area contributed by atoms with Crippen LogP contribution in [-0.2, 0) is 23.8 Å². The molecule has 0 radical (unpaired) electrons. The molecule has 2 aliphatic carbocycles. The molecule has 23 nitrogen and oxygen atoms in total. The molecule has 24 heteroatoms. The standard InChI is InChI=1S/C47H64N4O12.C21H24FN3O4/c1-24-13-12-14-25(2)46(59)49-37-32(23-48-51-20-18-50(19-21-51)31-15-10-11-16-31)41(56)34-35(42(37)57)40(55)29(6)44-36(34)45(58)47(8,63-44)61-22-17-33(60-9)26(3)43(62-30(7)52)28(5)39(54)27(4)38(24)53;1-29-20-17-13(19(26)14(21(27)28)9-25(17)12-4-5-12)7-15(22)18(20)24-8-11-3-2-6-23-16(11)10-24/h12-14,17,22-24,26-28,31,33,38-39,43,53-57H,10-11,15-16,18-21H2,1-9H3,(H,49,59);7,9,11-12,16,23H,2-6,8,10H2,1H3,(H,27,28)/b13-12+,22-17+,25-14-,48-23+;/t24-,26+,27+,28+,33-,38-,39+,43+,47-;11-,16+/m00/s1. The summed E-state index contributed by atoms with van der Waals surface area (Å²) in [6.07, 6.45) is 15.2. The number of benzene rings is 3. The molecule has 1 amide bonds. The number of phenolic OH excluding ortho intramolecular Hbond substituents is 3. The third-order valence-corrected chi connectivity index (χ3v) is 20.0. The lowest BCUT2D eigenvalue weighted by Gasteiger charge is -2.38. The van der Waals surface area contributed by atoms with Crippen molar-refractivity contribution in [3.63, 3.8) is 0 Å². The van der Waals surface area contributed by atoms with E-state index in [0.29, 0.717) is 54.6 Å². The summed E-state index contributed by atoms with van der Waals surface area (Å²) in [5.41, 5.74) is -0.448. The van der Waals surface area contributed by atoms with Crippen LogP contribution < -0.4 is 30.4 Å². The number of aliphatic hydroxyl groups excluding tert-OH is 2. The van der Waals surface area contributed by atoms with E-state index in [1.165, 1.54) is 104 Å². The van der Waals surface area contributed by atoms with E-state index in [0.717, 1.165) is 51.9 Å². The number of ketones is 1. The van der Waals surface area contributed by atoms with Gasteiger partial charge in [0, 0.05) is 125 Å². The molecule has 5 bridgehead atoms. The van der Waals surface area contributed by atoms with Gasteiger partial charge in [-0.25, -0.2) is 9.18 Å². The van der Waals surface area contributed by atoms with Gasteiger partial charge in [0.05, 0.1) is 71.0 Å². The van der Waals surface area contributed by atoms with Crippen molar-refractivity contribution in [3.05, 3.63) is 86.7 Å². The lowest BCUT2D eigenvalue weighted by molar-refractivity contribution is -0.160. The number of hydrazone groups is 1. The number of Topliss-reactive ketones (excluding diaryl/α,β-unsaturated/α-hetero) is 1. The molecule has 11 atom stereocenters. The number of hydrogen-bond acceptors (Lipinski definition) is 20. The summed E-state index contributed by atoms with van der Waals surface area (Å²) in [7, 11) is 2.92. The summed E-state index contributed by atoms with van der Waals surface area (Å²) in [5, 5.41) is 80.6. The molecule has 2 saturated carbocycles. The number of methoxy groups -OCH3 is 2. The average Bonchev–Trinajstić information content (AvgIpc) is 1.47. The molecule has 4 aromatic rings. The van der Waals surface area contributed by atoms with Gasteiger partial charge in [-0.05, 0) is 77.0 Å². The van der Waals surface area contributed by atoms with Gasteiger partial charge in [-0.2, -0.15) is 5.10 Å². The Morgan fingerprint density at radius 1 is 0.859 bits per heavy atom. The number of carboxylic acid groups (broad SMARTS) is 1. The predicted octanol–water partition coefficient (Wildman–Crippen LogP) is 8.02. The minimum atomic E-state index is -2.04. The number of amides is 1. The Morgan fingerprint density at radius 2 is 1.57 bits per heavy atom. The number of piperidine rings is 1. The number of aromatic carboxylic acids is 1. The fraction of sp³-hybridized carbons (Fsp3) is 0.559. The van der Waals surface area contributed by atoms with E-state index in [2.05, 4.69) is 20.6 Å². The number of piperazine rings is 1. The number of allylic oxidation sites excluding steroid dienone is 2. The molecule has 6 aliphatic heterocycles. The number of ether oxygens (including phenoxy) is 5. The molecule has 92 heavy (non-hydrogen) atoms. The Labute approximate surface area is 534 Å². The van der Waals surface area contributed by atoms with Crippen molar-refractivity contribution in [2.24, 2.45) is 34.7 Å². The second-order valence-electron chi connectivity index (χ2n) is 26.1. The van der Waals surface area contributed by atoms with E-state index in [-0.39, 0.29) is 61.5 Å². The Morgan fingerprint density at radius 3 is 2.21 bits per heavy atom. The van der Waals surface area contributed by atoms with Crippen LogP contribution in [-0.4, -0.2) is 177 Å². The normalized spacial score (nSPS) is 29.7. The number of hydrogen-bond donors (Lipinski definition) is 8. The number of carboxylic acids is 1. The molecule has 3 saturated heterocycles. The van der Waals surface area contributed by atoms with Crippen molar-refractivity contribution < 1.29 is 77.9 Å². The third-order valence-electron chi connectivity index (χ3n) is 20.0. The topological polar surface area (TPSA) is 304 Å². The van der Waals surface area contributed by atoms with Gasteiger partial charge < -0.3 is 74.4 Å². The zero-order valence-electron chi connectivity index (χ0n) is 54.0. The fourth-order valence-corrected chi connectivity index (χ4v) is 14.4. The Hall–Kier alpha value is -7.77. The lowest BCUT2D eigenvalue weighted by Crippen LogP contribution is -2.47. The van der Waals surface area contributed by atoms with Crippen LogP contribution in [0, 0.1) is 42.3 Å². The SMILES string of the molecule is CO[C@H]1/C=C/O[C@@]2(C)Oc3c(C)c(O)c4c(O)c(c(/C=N/N5CCN(C6CCCC6)CC5)c(O)c4c3C2=O)NC(=O)/C(C)=C\C=C\[C@H](C)[C@H](O)[C@@H](C)[C@@H](O)[C@@H](C)[C@H](OC(C)=O)[C@@H]1C.COc1c(N2C[C@@H]3CCCN[C@@H]3C2)c(F)cc2c(=O)c(C(=O)O)cn(C3CC3)c12. The monoisotopic (exact) mass is 1280 g/mol. The van der Waals surface area contributed by atoms with Crippen molar-refractivity contribution in [1.29, 1.82) is 0 Å². The van der Waals surface area contributed by atoms with Crippen molar-refractivity contribution >= 4 is 62.9 Å². The number of aliphatic hydroxyl groups is 2. The number of esters is 1. The van der Waals surface area contributed by atoms with E-state index >= 15 is 4.39 Å². The molecule has 0 spiro atoms. The number of halogens is 1. The first-order valence-corrected chi connectivity index (χ1v) is 32.1. The van der Waals surface area contributed by atoms with Crippen molar-refractivity contribution in [3.8, 4) is 28.7 Å². The van der Waals surface area contributed by atoms with E-state index in [1.807, 2.05) is 9.91 Å². The minimum Gasteiger partial charge on any atom is -0.507 e. The maximum atomic E-state index is 15.3. The highest BCUT2D eigenvalue weighted by atomic mass is 19.1. The molecule has 8 aliphatic rings. The molecular weight excluding hydrogens is 1190 g/mol. The fourth-order valence-electron chi connectivity index (χ4n) is 14.4. The first-order chi connectivity index (χ1) is 43.8. The molecule has 7 heterocycles. The van der Waals surface area contributed by atoms with Gasteiger partial charge in [-0.1, -0.05) is 58.8 Å². The van der Waals surface area contributed by atoms with Crippen LogP contribution in [0.4, 0.5) is 15.8 Å². The highest BCUT2D eigenvalue weighted by Crippen LogP contribution is 2.55. The molecule has 0 unspecified atom stereocenters. The number of fused-ring (bicyclic) bond motifs is 16. The van der Waals surface area contributed by atoms with Crippen LogP contribution in [0.2, 0.25) is 0 Å². The number of pyridine rings is 1. The quantitative estimate of drug-likeness (QED) is 0.0340. The molecule has 498 valence electrons. The second-order valence-corrected chi connectivity index (χ2v) is 26.1. The second kappa shape index (κ2) is 27.4. The maximum absolute atomic E-state index is 15.3. The van der Waals surface area contributed by atoms with Gasteiger partial charge >= 0.3 is 17.7 Å². The van der Waals surface area contributed by atoms with Crippen molar-refractivity contribution in [1.82, 2.24) is 19.8 Å². The number of phenols is 3. The third kappa shape index (κ3) is 13.0. The Balaban J connectivity index is 0.000000263. The van der Waals surface area contributed by atoms with E-state index in [4.69, 9.17) is 23.7 Å². The molecule has 8 N–H and O–H groups in total. The van der Waals surface area contributed by atoms with Crippen molar-refractivity contribution in [2.75, 3.05) is 70.2 Å². The predicted molar refractivity (Wildman–Crippen MR) is 343 cm³/mol. The number of aromatic hydroxyl groups is 3.